The van der Waals surface area contributed by atoms with Crippen molar-refractivity contribution in [2.24, 2.45) is 0 Å². The minimum Gasteiger partial charge on any atom is -0.508 e. The van der Waals surface area contributed by atoms with Gasteiger partial charge in [-0.15, -0.1) is 0 Å². The van der Waals surface area contributed by atoms with E-state index in [1.54, 1.807) is 24.3 Å². The largest absolute Gasteiger partial charge is 0.508 e. The molecule has 37 heavy (non-hydrogen) atoms. The predicted octanol–water partition coefficient (Wildman–Crippen LogP) is 8.72. The van der Waals surface area contributed by atoms with E-state index in [4.69, 9.17) is 0 Å². The monoisotopic (exact) mass is 510 g/mol. The van der Waals surface area contributed by atoms with Crippen LogP contribution >= 0.6 is 0 Å². The van der Waals surface area contributed by atoms with Gasteiger partial charge in [-0.3, -0.25) is 10.1 Å². The summed E-state index contributed by atoms with van der Waals surface area (Å²) < 4.78 is 0. The molecule has 0 bridgehead atoms. The summed E-state index contributed by atoms with van der Waals surface area (Å²) in [5.41, 5.74) is 1.50. The lowest BCUT2D eigenvalue weighted by atomic mass is 9.97. The average Bonchev–Trinajstić information content (AvgIpc) is 2.89. The lowest BCUT2D eigenvalue weighted by Gasteiger charge is -2.21. The van der Waals surface area contributed by atoms with E-state index in [0.717, 1.165) is 24.9 Å². The smallest absolute Gasteiger partial charge is 0.269 e. The number of allylic oxidation sites excluding steroid dienone is 2. The molecule has 0 aliphatic carbocycles. The maximum Gasteiger partial charge on any atom is 0.269 e. The molecule has 2 rings (SSSR count). The van der Waals surface area contributed by atoms with Crippen LogP contribution in [0.15, 0.2) is 54.6 Å². The van der Waals surface area contributed by atoms with E-state index >= 15 is 0 Å². The van der Waals surface area contributed by atoms with Crippen molar-refractivity contribution in [3.63, 3.8) is 0 Å². The van der Waals surface area contributed by atoms with Gasteiger partial charge >= 0.3 is 0 Å². The second-order valence-electron chi connectivity index (χ2n) is 9.92. The van der Waals surface area contributed by atoms with Crippen LogP contribution in [-0.4, -0.2) is 21.7 Å². The second kappa shape index (κ2) is 18.4. The zero-order valence-electron chi connectivity index (χ0n) is 22.5. The Balaban J connectivity index is 1.65. The highest BCUT2D eigenvalue weighted by Gasteiger charge is 2.18. The maximum absolute atomic E-state index is 11.0. The number of aromatic hydroxyl groups is 2. The fraction of sp³-hybridized carbons (Fsp3) is 0.548. The first kappa shape index (κ1) is 30.4. The third kappa shape index (κ3) is 12.3. The molecule has 6 heteroatoms. The predicted molar refractivity (Wildman–Crippen MR) is 152 cm³/mol. The molecule has 0 aliphatic heterocycles. The fourth-order valence-electron chi connectivity index (χ4n) is 4.59. The average molecular weight is 511 g/mol. The molecule has 6 nitrogen and oxygen atoms in total. The molecule has 0 saturated carbocycles. The molecule has 2 aromatic rings. The van der Waals surface area contributed by atoms with Crippen LogP contribution in [0.4, 0.5) is 5.69 Å². The lowest BCUT2D eigenvalue weighted by Crippen LogP contribution is -2.23. The Labute approximate surface area is 223 Å². The molecule has 0 aliphatic rings. The molecule has 204 valence electrons. The van der Waals surface area contributed by atoms with Crippen LogP contribution in [0, 0.1) is 10.1 Å². The molecule has 3 N–H and O–H groups in total. The van der Waals surface area contributed by atoms with Gasteiger partial charge in [-0.2, -0.15) is 0 Å². The van der Waals surface area contributed by atoms with Crippen molar-refractivity contribution < 1.29 is 15.1 Å². The van der Waals surface area contributed by atoms with E-state index < -0.39 is 4.92 Å². The molecule has 2 aromatic carbocycles. The Bertz CT molecular complexity index is 927. The zero-order valence-corrected chi connectivity index (χ0v) is 22.5. The van der Waals surface area contributed by atoms with E-state index in [1.165, 1.54) is 95.2 Å². The van der Waals surface area contributed by atoms with E-state index in [-0.39, 0.29) is 23.2 Å². The molecule has 1 atom stereocenters. The van der Waals surface area contributed by atoms with Crippen molar-refractivity contribution in [1.82, 2.24) is 5.32 Å². The Hall–Kier alpha value is -2.86. The number of nitrogens with one attached hydrogen (secondary N) is 1. The van der Waals surface area contributed by atoms with Crippen LogP contribution < -0.4 is 5.32 Å². The van der Waals surface area contributed by atoms with Crippen LogP contribution in [0.25, 0.3) is 0 Å². The first-order valence-corrected chi connectivity index (χ1v) is 14.2. The summed E-state index contributed by atoms with van der Waals surface area (Å²) in [7, 11) is 0. The Morgan fingerprint density at radius 1 is 0.811 bits per heavy atom. The fourth-order valence-corrected chi connectivity index (χ4v) is 4.59. The Morgan fingerprint density at radius 2 is 1.38 bits per heavy atom. The minimum atomic E-state index is -0.420. The number of nitro groups is 1. The maximum atomic E-state index is 11.0. The third-order valence-electron chi connectivity index (χ3n) is 6.80. The van der Waals surface area contributed by atoms with Gasteiger partial charge in [-0.05, 0) is 56.3 Å². The molecule has 0 saturated heterocycles. The van der Waals surface area contributed by atoms with Crippen molar-refractivity contribution in [1.29, 1.82) is 0 Å². The van der Waals surface area contributed by atoms with Gasteiger partial charge in [-0.1, -0.05) is 89.0 Å². The van der Waals surface area contributed by atoms with Crippen LogP contribution in [0.3, 0.4) is 0 Å². The highest BCUT2D eigenvalue weighted by molar-refractivity contribution is 5.46. The van der Waals surface area contributed by atoms with Crippen molar-refractivity contribution in [3.05, 3.63) is 75.9 Å². The molecule has 0 aromatic heterocycles. The summed E-state index contributed by atoms with van der Waals surface area (Å²) in [5.74, 6) is -0.00567. The molecule has 0 fully saturated rings. The van der Waals surface area contributed by atoms with Crippen LogP contribution in [0.5, 0.6) is 11.5 Å². The lowest BCUT2D eigenvalue weighted by molar-refractivity contribution is -0.384. The Morgan fingerprint density at radius 3 is 1.95 bits per heavy atom. The SMILES string of the molecule is CCCCCCCC/C=C\CCCCCCCCNC(c1ccc([N+](=O)[O-])cc1)c1ccc(O)cc1O. The third-order valence-corrected chi connectivity index (χ3v) is 6.80. The number of nitrogens with zero attached hydrogens (tertiary/aromatic N) is 1. The zero-order chi connectivity index (χ0) is 26.7. The first-order valence-electron chi connectivity index (χ1n) is 14.2. The number of nitro benzene ring substituents is 1. The summed E-state index contributed by atoms with van der Waals surface area (Å²) in [5, 5.41) is 34.6. The Kier molecular flexibility index (Phi) is 15.1. The van der Waals surface area contributed by atoms with Crippen molar-refractivity contribution in [2.45, 2.75) is 103 Å². The number of phenols is 2. The number of benzene rings is 2. The summed E-state index contributed by atoms with van der Waals surface area (Å²) >= 11 is 0. The summed E-state index contributed by atoms with van der Waals surface area (Å²) in [4.78, 5) is 10.6. The van der Waals surface area contributed by atoms with Crippen molar-refractivity contribution in [3.8, 4) is 11.5 Å². The van der Waals surface area contributed by atoms with Crippen LogP contribution in [0.1, 0.15) is 114 Å². The van der Waals surface area contributed by atoms with E-state index in [0.29, 0.717) is 5.56 Å². The van der Waals surface area contributed by atoms with Gasteiger partial charge in [0.15, 0.2) is 0 Å². The normalized spacial score (nSPS) is 12.2. The topological polar surface area (TPSA) is 95.6 Å². The number of hydrogen-bond acceptors (Lipinski definition) is 5. The van der Waals surface area contributed by atoms with E-state index in [9.17, 15) is 20.3 Å². The van der Waals surface area contributed by atoms with Gasteiger partial charge in [0.1, 0.15) is 11.5 Å². The number of hydrogen-bond donors (Lipinski definition) is 3. The van der Waals surface area contributed by atoms with Gasteiger partial charge in [0.2, 0.25) is 0 Å². The molecule has 1 unspecified atom stereocenters. The summed E-state index contributed by atoms with van der Waals surface area (Å²) in [6, 6.07) is 10.6. The summed E-state index contributed by atoms with van der Waals surface area (Å²) in [6.07, 6.45) is 22.4. The van der Waals surface area contributed by atoms with Gasteiger partial charge in [0, 0.05) is 23.8 Å². The van der Waals surface area contributed by atoms with E-state index in [1.807, 2.05) is 0 Å². The molecule has 0 heterocycles. The molecular weight excluding hydrogens is 464 g/mol. The standard InChI is InChI=1S/C31H46N2O4/c1-2-3-4-5-6-7-8-9-10-11-12-13-14-15-16-17-24-32-31(29-23-22-28(34)25-30(29)35)26-18-20-27(21-19-26)33(36)37/h9-10,18-23,25,31-32,34-35H,2-8,11-17,24H2,1H3/b10-9-. The number of unbranched alkanes of at least 4 members (excludes halogenated alkanes) is 12. The first-order chi connectivity index (χ1) is 18.0. The van der Waals surface area contributed by atoms with Gasteiger partial charge in [-0.25, -0.2) is 0 Å². The number of non-ortho nitro benzene ring substituents is 1. The van der Waals surface area contributed by atoms with Gasteiger partial charge < -0.3 is 15.5 Å². The van der Waals surface area contributed by atoms with Crippen LogP contribution in [-0.2, 0) is 0 Å². The number of phenolic OH excluding ortho intramolecular Hbond substituents is 2. The quantitative estimate of drug-likeness (QED) is 0.0716. The van der Waals surface area contributed by atoms with Gasteiger partial charge in [0.05, 0.1) is 11.0 Å². The van der Waals surface area contributed by atoms with Crippen molar-refractivity contribution >= 4 is 5.69 Å². The number of rotatable bonds is 20. The van der Waals surface area contributed by atoms with Crippen LogP contribution in [0.2, 0.25) is 0 Å². The summed E-state index contributed by atoms with van der Waals surface area (Å²) in [6.45, 7) is 3.03. The minimum absolute atomic E-state index is 0.00278. The molecule has 0 amide bonds. The molecule has 0 radical (unpaired) electrons. The van der Waals surface area contributed by atoms with Gasteiger partial charge in [0.25, 0.3) is 5.69 Å². The second-order valence-corrected chi connectivity index (χ2v) is 9.92. The highest BCUT2D eigenvalue weighted by atomic mass is 16.6. The highest BCUT2D eigenvalue weighted by Crippen LogP contribution is 2.32. The molecule has 0 spiro atoms. The van der Waals surface area contributed by atoms with Crippen molar-refractivity contribution in [2.75, 3.05) is 6.54 Å². The molecular formula is C31H46N2O4. The van der Waals surface area contributed by atoms with E-state index in [2.05, 4.69) is 24.4 Å².